The first-order chi connectivity index (χ1) is 16.6. The lowest BCUT2D eigenvalue weighted by atomic mass is 9.79. The van der Waals surface area contributed by atoms with Crippen LogP contribution in [0, 0.1) is 17.3 Å². The maximum atomic E-state index is 12.4. The molecule has 34 heavy (non-hydrogen) atoms. The number of likely N-dealkylation sites (tertiary alicyclic amines) is 1. The van der Waals surface area contributed by atoms with Gasteiger partial charge in [0.05, 0.1) is 11.1 Å². The second-order valence-corrected chi connectivity index (χ2v) is 10.4. The Morgan fingerprint density at radius 1 is 0.941 bits per heavy atom. The fraction of sp³-hybridized carbons (Fsp3) is 0.552. The number of esters is 1. The molecule has 0 radical (unpaired) electrons. The summed E-state index contributed by atoms with van der Waals surface area (Å²) in [4.78, 5) is 17.5. The number of carbonyl (C=O) groups is 1. The molecule has 3 atom stereocenters. The van der Waals surface area contributed by atoms with Crippen LogP contribution in [0.25, 0.3) is 0 Å². The summed E-state index contributed by atoms with van der Waals surface area (Å²) >= 11 is 0. The third-order valence-electron chi connectivity index (χ3n) is 8.45. The van der Waals surface area contributed by atoms with Crippen molar-refractivity contribution in [3.63, 3.8) is 0 Å². The van der Waals surface area contributed by atoms with Gasteiger partial charge in [-0.1, -0.05) is 56.3 Å². The Morgan fingerprint density at radius 3 is 2.29 bits per heavy atom. The van der Waals surface area contributed by atoms with Crippen LogP contribution in [0.1, 0.15) is 45.1 Å². The molecule has 0 N–H and O–H groups in total. The molecule has 0 amide bonds. The van der Waals surface area contributed by atoms with Crippen LogP contribution in [0.2, 0.25) is 0 Å². The zero-order valence-electron chi connectivity index (χ0n) is 20.6. The van der Waals surface area contributed by atoms with Gasteiger partial charge in [-0.3, -0.25) is 4.79 Å². The van der Waals surface area contributed by atoms with Crippen molar-refractivity contribution in [3.8, 4) is 5.75 Å². The molecule has 2 aromatic carbocycles. The molecule has 182 valence electrons. The van der Waals surface area contributed by atoms with E-state index in [4.69, 9.17) is 9.47 Å². The van der Waals surface area contributed by atoms with Crippen LogP contribution in [-0.4, -0.2) is 49.7 Å². The Hall–Kier alpha value is -2.53. The summed E-state index contributed by atoms with van der Waals surface area (Å²) < 4.78 is 12.0. The molecule has 3 aliphatic rings. The molecular weight excluding hydrogens is 424 g/mol. The van der Waals surface area contributed by atoms with Crippen LogP contribution < -0.4 is 9.64 Å². The van der Waals surface area contributed by atoms with Gasteiger partial charge in [0.1, 0.15) is 18.5 Å². The lowest BCUT2D eigenvalue weighted by molar-refractivity contribution is -0.149. The normalized spacial score (nSPS) is 26.0. The van der Waals surface area contributed by atoms with E-state index in [0.717, 1.165) is 64.2 Å². The molecule has 3 heterocycles. The van der Waals surface area contributed by atoms with Crippen molar-refractivity contribution in [3.05, 3.63) is 60.2 Å². The fourth-order valence-corrected chi connectivity index (χ4v) is 6.20. The molecule has 5 heteroatoms. The third-order valence-corrected chi connectivity index (χ3v) is 8.45. The number of ether oxygens (including phenoxy) is 2. The average molecular weight is 463 g/mol. The second kappa shape index (κ2) is 9.99. The zero-order valence-corrected chi connectivity index (χ0v) is 20.6. The molecule has 3 fully saturated rings. The fourth-order valence-electron chi connectivity index (χ4n) is 6.20. The van der Waals surface area contributed by atoms with Gasteiger partial charge in [0.25, 0.3) is 0 Å². The molecule has 0 aliphatic carbocycles. The maximum absolute atomic E-state index is 12.4. The minimum absolute atomic E-state index is 0.0320. The van der Waals surface area contributed by atoms with E-state index in [1.54, 1.807) is 0 Å². The van der Waals surface area contributed by atoms with Crippen molar-refractivity contribution in [1.29, 1.82) is 0 Å². The number of para-hydroxylation sites is 2. The Kier molecular flexibility index (Phi) is 6.82. The molecule has 5 nitrogen and oxygen atoms in total. The van der Waals surface area contributed by atoms with Crippen LogP contribution in [0.3, 0.4) is 0 Å². The molecule has 0 saturated carbocycles. The first-order valence-corrected chi connectivity index (χ1v) is 13.0. The standard InChI is InChI=1S/C29H38N2O3/c1-3-29(4-2)16-25(34-28(29)32)14-15-30-17-23-19-31(20-24(23)18-30)26-12-8-9-13-27(26)33-21-22-10-6-5-7-11-22/h5-13,23-25H,3-4,14-21H2,1-2H3. The molecular formula is C29H38N2O3. The average Bonchev–Trinajstić information content (AvgIpc) is 3.53. The van der Waals surface area contributed by atoms with Gasteiger partial charge in [0, 0.05) is 39.1 Å². The van der Waals surface area contributed by atoms with E-state index < -0.39 is 0 Å². The molecule has 3 aliphatic heterocycles. The number of hydrogen-bond acceptors (Lipinski definition) is 5. The number of hydrogen-bond donors (Lipinski definition) is 0. The van der Waals surface area contributed by atoms with Crippen molar-refractivity contribution < 1.29 is 14.3 Å². The van der Waals surface area contributed by atoms with Crippen LogP contribution in [0.5, 0.6) is 5.75 Å². The predicted molar refractivity (Wildman–Crippen MR) is 135 cm³/mol. The quantitative estimate of drug-likeness (QED) is 0.483. The Bertz CT molecular complexity index is 960. The van der Waals surface area contributed by atoms with Gasteiger partial charge in [-0.05, 0) is 48.8 Å². The van der Waals surface area contributed by atoms with Crippen molar-refractivity contribution in [1.82, 2.24) is 4.90 Å². The first-order valence-electron chi connectivity index (χ1n) is 13.0. The summed E-state index contributed by atoms with van der Waals surface area (Å²) in [6, 6.07) is 18.8. The number of nitrogens with zero attached hydrogens (tertiary/aromatic N) is 2. The largest absolute Gasteiger partial charge is 0.487 e. The summed E-state index contributed by atoms with van der Waals surface area (Å²) in [6.45, 7) is 10.3. The van der Waals surface area contributed by atoms with Gasteiger partial charge in [-0.25, -0.2) is 0 Å². The number of benzene rings is 2. The highest BCUT2D eigenvalue weighted by Crippen LogP contribution is 2.42. The molecule has 3 saturated heterocycles. The lowest BCUT2D eigenvalue weighted by Gasteiger charge is -2.25. The number of rotatable bonds is 9. The molecule has 0 spiro atoms. The zero-order chi connectivity index (χ0) is 23.5. The van der Waals surface area contributed by atoms with Gasteiger partial charge < -0.3 is 19.3 Å². The molecule has 3 unspecified atom stereocenters. The molecule has 5 rings (SSSR count). The minimum atomic E-state index is -0.233. The topological polar surface area (TPSA) is 42.0 Å². The van der Waals surface area contributed by atoms with Crippen molar-refractivity contribution in [2.24, 2.45) is 17.3 Å². The van der Waals surface area contributed by atoms with Crippen LogP contribution in [0.4, 0.5) is 5.69 Å². The summed E-state index contributed by atoms with van der Waals surface area (Å²) in [5.74, 6) is 2.39. The van der Waals surface area contributed by atoms with Gasteiger partial charge in [-0.15, -0.1) is 0 Å². The molecule has 0 aromatic heterocycles. The number of fused-ring (bicyclic) bond motifs is 1. The van der Waals surface area contributed by atoms with Crippen LogP contribution >= 0.6 is 0 Å². The van der Waals surface area contributed by atoms with Gasteiger partial charge in [0.15, 0.2) is 0 Å². The highest BCUT2D eigenvalue weighted by Gasteiger charge is 2.46. The smallest absolute Gasteiger partial charge is 0.312 e. The summed E-state index contributed by atoms with van der Waals surface area (Å²) in [7, 11) is 0. The Labute approximate surface area is 204 Å². The summed E-state index contributed by atoms with van der Waals surface area (Å²) in [5, 5.41) is 0. The first kappa shape index (κ1) is 23.2. The number of carbonyl (C=O) groups excluding carboxylic acids is 1. The minimum Gasteiger partial charge on any atom is -0.487 e. The van der Waals surface area contributed by atoms with Gasteiger partial charge >= 0.3 is 5.97 Å². The highest BCUT2D eigenvalue weighted by molar-refractivity contribution is 5.78. The van der Waals surface area contributed by atoms with Crippen LogP contribution in [-0.2, 0) is 16.1 Å². The van der Waals surface area contributed by atoms with Gasteiger partial charge in [-0.2, -0.15) is 0 Å². The Morgan fingerprint density at radius 2 is 1.62 bits per heavy atom. The highest BCUT2D eigenvalue weighted by atomic mass is 16.6. The number of anilines is 1. The van der Waals surface area contributed by atoms with E-state index >= 15 is 0 Å². The van der Waals surface area contributed by atoms with Crippen molar-refractivity contribution in [2.45, 2.75) is 52.2 Å². The van der Waals surface area contributed by atoms with Crippen LogP contribution in [0.15, 0.2) is 54.6 Å². The monoisotopic (exact) mass is 462 g/mol. The van der Waals surface area contributed by atoms with E-state index in [9.17, 15) is 4.79 Å². The number of cyclic esters (lactones) is 1. The molecule has 2 aromatic rings. The Balaban J connectivity index is 1.13. The predicted octanol–water partition coefficient (Wildman–Crippen LogP) is 5.15. The second-order valence-electron chi connectivity index (χ2n) is 10.4. The van der Waals surface area contributed by atoms with E-state index in [1.807, 2.05) is 6.07 Å². The lowest BCUT2D eigenvalue weighted by Crippen LogP contribution is -2.31. The van der Waals surface area contributed by atoms with Gasteiger partial charge in [0.2, 0.25) is 0 Å². The van der Waals surface area contributed by atoms with E-state index in [-0.39, 0.29) is 17.5 Å². The van der Waals surface area contributed by atoms with E-state index in [1.165, 1.54) is 11.3 Å². The van der Waals surface area contributed by atoms with E-state index in [2.05, 4.69) is 72.2 Å². The SMILES string of the molecule is CCC1(CC)CC(CCN2CC3CN(c4ccccc4OCc4ccccc4)CC3C2)OC1=O. The van der Waals surface area contributed by atoms with Crippen molar-refractivity contribution in [2.75, 3.05) is 37.6 Å². The summed E-state index contributed by atoms with van der Waals surface area (Å²) in [6.07, 6.45) is 3.73. The van der Waals surface area contributed by atoms with E-state index in [0.29, 0.717) is 18.4 Å². The molecule has 0 bridgehead atoms. The summed E-state index contributed by atoms with van der Waals surface area (Å²) in [5.41, 5.74) is 2.17. The van der Waals surface area contributed by atoms with Crippen molar-refractivity contribution >= 4 is 11.7 Å². The third kappa shape index (κ3) is 4.68. The maximum Gasteiger partial charge on any atom is 0.312 e.